The van der Waals surface area contributed by atoms with Crippen LogP contribution in [0.3, 0.4) is 0 Å². The Hall–Kier alpha value is -1.74. The Kier molecular flexibility index (Phi) is 4.83. The average molecular weight is 409 g/mol. The summed E-state index contributed by atoms with van der Waals surface area (Å²) in [6, 6.07) is 7.36. The molecule has 0 N–H and O–H groups in total. The van der Waals surface area contributed by atoms with E-state index in [2.05, 4.69) is 10.2 Å². The van der Waals surface area contributed by atoms with Crippen LogP contribution in [-0.2, 0) is 10.0 Å². The van der Waals surface area contributed by atoms with Gasteiger partial charge in [0.25, 0.3) is 0 Å². The summed E-state index contributed by atoms with van der Waals surface area (Å²) < 4.78 is 29.5. The highest BCUT2D eigenvalue weighted by molar-refractivity contribution is 7.89. The fraction of sp³-hybridized carbons (Fsp3) is 0.294. The summed E-state index contributed by atoms with van der Waals surface area (Å²) in [6.45, 7) is 0.904. The highest BCUT2D eigenvalue weighted by atomic mass is 35.5. The van der Waals surface area contributed by atoms with Crippen molar-refractivity contribution in [3.63, 3.8) is 0 Å². The molecular formula is C17H17ClN4O2S2. The molecule has 0 amide bonds. The van der Waals surface area contributed by atoms with Crippen molar-refractivity contribution in [3.8, 4) is 11.1 Å². The highest BCUT2D eigenvalue weighted by Crippen LogP contribution is 2.33. The van der Waals surface area contributed by atoms with E-state index in [0.29, 0.717) is 13.1 Å². The monoisotopic (exact) mass is 408 g/mol. The maximum Gasteiger partial charge on any atom is 0.244 e. The molecule has 3 aromatic rings. The summed E-state index contributed by atoms with van der Waals surface area (Å²) >= 11 is 7.93. The Bertz CT molecular complexity index is 980. The van der Waals surface area contributed by atoms with Crippen molar-refractivity contribution in [1.29, 1.82) is 0 Å². The molecule has 0 radical (unpaired) electrons. The zero-order valence-electron chi connectivity index (χ0n) is 13.8. The Labute approximate surface area is 161 Å². The molecule has 0 saturated carbocycles. The van der Waals surface area contributed by atoms with Gasteiger partial charge < -0.3 is 4.57 Å². The lowest BCUT2D eigenvalue weighted by Gasteiger charge is -2.31. The normalized spacial score (nSPS) is 16.8. The summed E-state index contributed by atoms with van der Waals surface area (Å²) in [4.78, 5) is 0.167. The van der Waals surface area contributed by atoms with E-state index in [1.54, 1.807) is 36.1 Å². The largest absolute Gasteiger partial charge is 0.317 e. The van der Waals surface area contributed by atoms with E-state index in [1.807, 2.05) is 27.5 Å². The fourth-order valence-electron chi connectivity index (χ4n) is 3.24. The van der Waals surface area contributed by atoms with Gasteiger partial charge in [-0.25, -0.2) is 8.42 Å². The minimum absolute atomic E-state index is 0.167. The van der Waals surface area contributed by atoms with E-state index in [-0.39, 0.29) is 16.0 Å². The number of thiophene rings is 1. The highest BCUT2D eigenvalue weighted by Gasteiger charge is 2.31. The molecule has 1 aliphatic heterocycles. The van der Waals surface area contributed by atoms with Crippen molar-refractivity contribution < 1.29 is 8.42 Å². The molecule has 6 nitrogen and oxygen atoms in total. The number of rotatable bonds is 4. The number of benzene rings is 1. The third-order valence-electron chi connectivity index (χ3n) is 4.69. The van der Waals surface area contributed by atoms with Gasteiger partial charge >= 0.3 is 0 Å². The van der Waals surface area contributed by atoms with Crippen molar-refractivity contribution in [2.75, 3.05) is 13.1 Å². The first-order valence-electron chi connectivity index (χ1n) is 8.22. The van der Waals surface area contributed by atoms with Gasteiger partial charge in [0.2, 0.25) is 10.0 Å². The molecule has 136 valence electrons. The molecule has 1 fully saturated rings. The number of halogens is 1. The SMILES string of the molecule is O=S(=O)(c1ccc(-c2ccsc2)cc1Cl)N1CCC(n2cnnc2)CC1. The molecule has 3 heterocycles. The lowest BCUT2D eigenvalue weighted by molar-refractivity contribution is 0.273. The topological polar surface area (TPSA) is 68.1 Å². The second-order valence-corrected chi connectivity index (χ2v) is 9.30. The molecule has 1 aliphatic rings. The van der Waals surface area contributed by atoms with Crippen LogP contribution >= 0.6 is 22.9 Å². The number of nitrogens with zero attached hydrogens (tertiary/aromatic N) is 4. The summed E-state index contributed by atoms with van der Waals surface area (Å²) in [5, 5.41) is 11.9. The lowest BCUT2D eigenvalue weighted by Crippen LogP contribution is -2.39. The van der Waals surface area contributed by atoms with Crippen molar-refractivity contribution in [2.45, 2.75) is 23.8 Å². The molecule has 2 aromatic heterocycles. The van der Waals surface area contributed by atoms with Crippen LogP contribution in [-0.4, -0.2) is 40.6 Å². The standard InChI is InChI=1S/C17H17ClN4O2S2/c18-16-9-13(14-5-8-25-10-14)1-2-17(16)26(23,24)22-6-3-15(4-7-22)21-11-19-20-12-21/h1-2,5,8-12,15H,3-4,6-7H2. The van der Waals surface area contributed by atoms with Crippen LogP contribution in [0, 0.1) is 0 Å². The fourth-order valence-corrected chi connectivity index (χ4v) is 5.89. The molecule has 0 spiro atoms. The summed E-state index contributed by atoms with van der Waals surface area (Å²) in [5.74, 6) is 0. The van der Waals surface area contributed by atoms with E-state index in [1.165, 1.54) is 4.31 Å². The molecule has 1 saturated heterocycles. The van der Waals surface area contributed by atoms with E-state index in [0.717, 1.165) is 24.0 Å². The van der Waals surface area contributed by atoms with Gasteiger partial charge in [0.15, 0.2) is 0 Å². The van der Waals surface area contributed by atoms with Crippen molar-refractivity contribution >= 4 is 33.0 Å². The van der Waals surface area contributed by atoms with Crippen LogP contribution in [0.1, 0.15) is 18.9 Å². The smallest absolute Gasteiger partial charge is 0.244 e. The minimum atomic E-state index is -3.61. The Morgan fingerprint density at radius 3 is 2.42 bits per heavy atom. The second kappa shape index (κ2) is 7.11. The van der Waals surface area contributed by atoms with E-state index in [4.69, 9.17) is 11.6 Å². The van der Waals surface area contributed by atoms with Gasteiger partial charge in [-0.1, -0.05) is 17.7 Å². The number of aromatic nitrogens is 3. The number of piperidine rings is 1. The first kappa shape index (κ1) is 17.7. The van der Waals surface area contributed by atoms with E-state index < -0.39 is 10.0 Å². The Balaban J connectivity index is 1.54. The van der Waals surface area contributed by atoms with E-state index in [9.17, 15) is 8.42 Å². The first-order valence-corrected chi connectivity index (χ1v) is 11.0. The predicted molar refractivity (Wildman–Crippen MR) is 102 cm³/mol. The molecule has 4 rings (SSSR count). The van der Waals surface area contributed by atoms with Crippen molar-refractivity contribution in [1.82, 2.24) is 19.1 Å². The van der Waals surface area contributed by atoms with Crippen LogP contribution in [0.4, 0.5) is 0 Å². The number of hydrogen-bond acceptors (Lipinski definition) is 5. The second-order valence-electron chi connectivity index (χ2n) is 6.20. The van der Waals surface area contributed by atoms with Gasteiger partial charge in [-0.15, -0.1) is 10.2 Å². The predicted octanol–water partition coefficient (Wildman–Crippen LogP) is 3.69. The molecule has 0 aliphatic carbocycles. The van der Waals surface area contributed by atoms with Crippen LogP contribution in [0.25, 0.3) is 11.1 Å². The van der Waals surface area contributed by atoms with Crippen LogP contribution in [0.15, 0.2) is 52.6 Å². The van der Waals surface area contributed by atoms with Gasteiger partial charge in [0, 0.05) is 19.1 Å². The van der Waals surface area contributed by atoms with Crippen molar-refractivity contribution in [2.24, 2.45) is 0 Å². The minimum Gasteiger partial charge on any atom is -0.317 e. The number of sulfonamides is 1. The van der Waals surface area contributed by atoms with Gasteiger partial charge in [-0.05, 0) is 52.9 Å². The Morgan fingerprint density at radius 1 is 1.08 bits per heavy atom. The first-order chi connectivity index (χ1) is 12.6. The van der Waals surface area contributed by atoms with Gasteiger partial charge in [0.1, 0.15) is 17.6 Å². The average Bonchev–Trinajstić information content (AvgIpc) is 3.35. The Morgan fingerprint density at radius 2 is 1.81 bits per heavy atom. The lowest BCUT2D eigenvalue weighted by atomic mass is 10.1. The zero-order valence-corrected chi connectivity index (χ0v) is 16.2. The molecular weight excluding hydrogens is 392 g/mol. The quantitative estimate of drug-likeness (QED) is 0.660. The molecule has 0 bridgehead atoms. The van der Waals surface area contributed by atoms with Gasteiger partial charge in [-0.3, -0.25) is 0 Å². The third kappa shape index (κ3) is 3.29. The number of hydrogen-bond donors (Lipinski definition) is 0. The summed E-state index contributed by atoms with van der Waals surface area (Å²) in [5.41, 5.74) is 1.96. The zero-order chi connectivity index (χ0) is 18.1. The molecule has 26 heavy (non-hydrogen) atoms. The van der Waals surface area contributed by atoms with Crippen molar-refractivity contribution in [3.05, 3.63) is 52.7 Å². The summed E-state index contributed by atoms with van der Waals surface area (Å²) in [6.07, 6.45) is 4.80. The van der Waals surface area contributed by atoms with Gasteiger partial charge in [-0.2, -0.15) is 15.6 Å². The molecule has 9 heteroatoms. The molecule has 0 unspecified atom stereocenters. The molecule has 1 aromatic carbocycles. The summed E-state index contributed by atoms with van der Waals surface area (Å²) in [7, 11) is -3.61. The third-order valence-corrected chi connectivity index (χ3v) is 7.75. The van der Waals surface area contributed by atoms with Crippen LogP contribution in [0.5, 0.6) is 0 Å². The van der Waals surface area contributed by atoms with E-state index >= 15 is 0 Å². The maximum atomic E-state index is 13.0. The maximum absolute atomic E-state index is 13.0. The van der Waals surface area contributed by atoms with Gasteiger partial charge in [0.05, 0.1) is 5.02 Å². The molecule has 0 atom stereocenters. The van der Waals surface area contributed by atoms with Crippen LogP contribution in [0.2, 0.25) is 5.02 Å². The van der Waals surface area contributed by atoms with Crippen LogP contribution < -0.4 is 0 Å².